The predicted molar refractivity (Wildman–Crippen MR) is 172 cm³/mol. The van der Waals surface area contributed by atoms with E-state index in [0.29, 0.717) is 39.1 Å². The molecule has 0 radical (unpaired) electrons. The summed E-state index contributed by atoms with van der Waals surface area (Å²) >= 11 is 0. The van der Waals surface area contributed by atoms with Gasteiger partial charge in [0.25, 0.3) is 0 Å². The fraction of sp³-hybridized carbons (Fsp3) is 0.529. The summed E-state index contributed by atoms with van der Waals surface area (Å²) in [4.78, 5) is 27.0. The fourth-order valence-corrected chi connectivity index (χ4v) is 6.48. The second-order valence-corrected chi connectivity index (χ2v) is 13.4. The summed E-state index contributed by atoms with van der Waals surface area (Å²) < 4.78 is 49.0. The lowest BCUT2D eigenvalue weighted by Crippen LogP contribution is -2.44. The molecule has 0 aliphatic carbocycles. The molecule has 2 aliphatic rings. The number of carbonyl (C=O) groups is 2. The highest BCUT2D eigenvalue weighted by atomic mass is 19.1. The Morgan fingerprint density at radius 2 is 1.76 bits per heavy atom. The first kappa shape index (κ1) is 33.9. The molecule has 3 heterocycles. The SMILES string of the molecule is COCCCn1c(C2CCCN(C(=O)CC(Cc3ccc(B4OC(C)(C)C(C)(C)O4)cc3)NC(=O)O)C2)cc2c(F)ccc(F)c21. The van der Waals surface area contributed by atoms with Crippen molar-refractivity contribution in [2.45, 2.75) is 89.5 Å². The number of benzene rings is 2. The largest absolute Gasteiger partial charge is 0.494 e. The van der Waals surface area contributed by atoms with Crippen molar-refractivity contribution in [1.29, 1.82) is 0 Å². The molecule has 2 amide bonds. The van der Waals surface area contributed by atoms with E-state index in [1.165, 1.54) is 0 Å². The number of hydrogen-bond donors (Lipinski definition) is 2. The summed E-state index contributed by atoms with van der Waals surface area (Å²) in [6.07, 6.45) is 1.22. The summed E-state index contributed by atoms with van der Waals surface area (Å²) in [5, 5.41) is 12.3. The Labute approximate surface area is 269 Å². The van der Waals surface area contributed by atoms with Crippen molar-refractivity contribution in [3.63, 3.8) is 0 Å². The number of ether oxygens (including phenoxy) is 1. The molecular weight excluding hydrogens is 595 g/mol. The smallest absolute Gasteiger partial charge is 0.465 e. The van der Waals surface area contributed by atoms with E-state index in [0.717, 1.165) is 41.7 Å². The summed E-state index contributed by atoms with van der Waals surface area (Å²) in [6, 6.07) is 11.0. The van der Waals surface area contributed by atoms with Crippen LogP contribution in [0.25, 0.3) is 10.9 Å². The highest BCUT2D eigenvalue weighted by Crippen LogP contribution is 2.37. The highest BCUT2D eigenvalue weighted by Gasteiger charge is 2.51. The van der Waals surface area contributed by atoms with E-state index in [1.54, 1.807) is 18.1 Å². The molecule has 2 aromatic carbocycles. The van der Waals surface area contributed by atoms with Gasteiger partial charge in [-0.1, -0.05) is 24.3 Å². The summed E-state index contributed by atoms with van der Waals surface area (Å²) in [7, 11) is 1.09. The van der Waals surface area contributed by atoms with Crippen LogP contribution in [0.5, 0.6) is 0 Å². The van der Waals surface area contributed by atoms with Gasteiger partial charge in [0.2, 0.25) is 5.91 Å². The Hall–Kier alpha value is -3.48. The number of nitrogens with zero attached hydrogens (tertiary/aromatic N) is 2. The van der Waals surface area contributed by atoms with E-state index in [9.17, 15) is 23.5 Å². The predicted octanol–water partition coefficient (Wildman–Crippen LogP) is 5.23. The number of rotatable bonds is 11. The average Bonchev–Trinajstić information content (AvgIpc) is 3.49. The van der Waals surface area contributed by atoms with Crippen molar-refractivity contribution >= 4 is 35.5 Å². The zero-order valence-electron chi connectivity index (χ0n) is 27.3. The van der Waals surface area contributed by atoms with Gasteiger partial charge in [0.1, 0.15) is 11.6 Å². The van der Waals surface area contributed by atoms with Gasteiger partial charge in [-0.3, -0.25) is 4.79 Å². The maximum absolute atomic E-state index is 15.0. The molecule has 248 valence electrons. The van der Waals surface area contributed by atoms with Crippen LogP contribution in [0.15, 0.2) is 42.5 Å². The molecule has 0 bridgehead atoms. The number of fused-ring (bicyclic) bond motifs is 1. The number of aryl methyl sites for hydroxylation is 1. The van der Waals surface area contributed by atoms with Gasteiger partial charge in [0.15, 0.2) is 0 Å². The lowest BCUT2D eigenvalue weighted by atomic mass is 9.78. The Bertz CT molecular complexity index is 1540. The normalized spacial score (nSPS) is 19.8. The molecule has 2 atom stereocenters. The minimum absolute atomic E-state index is 0.0158. The van der Waals surface area contributed by atoms with E-state index in [4.69, 9.17) is 14.0 Å². The minimum atomic E-state index is -1.20. The zero-order chi connectivity index (χ0) is 33.2. The Morgan fingerprint density at radius 3 is 2.41 bits per heavy atom. The molecule has 2 saturated heterocycles. The van der Waals surface area contributed by atoms with Crippen molar-refractivity contribution < 1.29 is 37.5 Å². The van der Waals surface area contributed by atoms with Gasteiger partial charge in [0.05, 0.1) is 16.7 Å². The molecule has 1 aromatic heterocycles. The Morgan fingerprint density at radius 1 is 1.09 bits per heavy atom. The fourth-order valence-electron chi connectivity index (χ4n) is 6.48. The molecule has 0 saturated carbocycles. The number of carboxylic acid groups (broad SMARTS) is 1. The van der Waals surface area contributed by atoms with Crippen LogP contribution in [-0.2, 0) is 31.8 Å². The van der Waals surface area contributed by atoms with Gasteiger partial charge in [-0.15, -0.1) is 0 Å². The monoisotopic (exact) mass is 639 g/mol. The number of methoxy groups -OCH3 is 1. The third kappa shape index (κ3) is 7.24. The molecule has 2 N–H and O–H groups in total. The van der Waals surface area contributed by atoms with Crippen molar-refractivity contribution in [1.82, 2.24) is 14.8 Å². The summed E-state index contributed by atoms with van der Waals surface area (Å²) in [5.41, 5.74) is 1.81. The van der Waals surface area contributed by atoms with E-state index in [-0.39, 0.29) is 29.1 Å². The van der Waals surface area contributed by atoms with E-state index >= 15 is 0 Å². The van der Waals surface area contributed by atoms with Gasteiger partial charge in [-0.05, 0) is 82.6 Å². The van der Waals surface area contributed by atoms with Crippen molar-refractivity contribution in [2.75, 3.05) is 26.8 Å². The van der Waals surface area contributed by atoms with Crippen molar-refractivity contribution in [3.8, 4) is 0 Å². The second kappa shape index (κ2) is 13.7. The summed E-state index contributed by atoms with van der Waals surface area (Å²) in [6.45, 7) is 9.82. The first-order valence-corrected chi connectivity index (χ1v) is 16.0. The van der Waals surface area contributed by atoms with Crippen molar-refractivity contribution in [2.24, 2.45) is 0 Å². The van der Waals surface area contributed by atoms with E-state index in [2.05, 4.69) is 5.32 Å². The Balaban J connectivity index is 1.28. The van der Waals surface area contributed by atoms with Crippen LogP contribution in [0, 0.1) is 11.6 Å². The van der Waals surface area contributed by atoms with Crippen LogP contribution >= 0.6 is 0 Å². The lowest BCUT2D eigenvalue weighted by molar-refractivity contribution is -0.132. The maximum Gasteiger partial charge on any atom is 0.494 e. The van der Waals surface area contributed by atoms with Gasteiger partial charge in [-0.25, -0.2) is 13.6 Å². The van der Waals surface area contributed by atoms with Gasteiger partial charge >= 0.3 is 13.2 Å². The minimum Gasteiger partial charge on any atom is -0.465 e. The van der Waals surface area contributed by atoms with Crippen molar-refractivity contribution in [3.05, 3.63) is 65.4 Å². The van der Waals surface area contributed by atoms with Crippen LogP contribution in [-0.4, -0.2) is 77.7 Å². The number of nitrogens with one attached hydrogen (secondary N) is 1. The topological polar surface area (TPSA) is 102 Å². The number of aromatic nitrogens is 1. The third-order valence-corrected chi connectivity index (χ3v) is 9.65. The van der Waals surface area contributed by atoms with Crippen LogP contribution in [0.1, 0.15) is 70.6 Å². The molecule has 3 aromatic rings. The number of piperidine rings is 1. The van der Waals surface area contributed by atoms with Crippen LogP contribution in [0.2, 0.25) is 0 Å². The second-order valence-electron chi connectivity index (χ2n) is 13.4. The number of likely N-dealkylation sites (tertiary alicyclic amines) is 1. The average molecular weight is 640 g/mol. The van der Waals surface area contributed by atoms with E-state index in [1.807, 2.05) is 56.5 Å². The lowest BCUT2D eigenvalue weighted by Gasteiger charge is -2.34. The number of halogens is 2. The molecule has 2 fully saturated rings. The van der Waals surface area contributed by atoms with Crippen LogP contribution in [0.4, 0.5) is 13.6 Å². The maximum atomic E-state index is 15.0. The zero-order valence-corrected chi connectivity index (χ0v) is 27.3. The number of carbonyl (C=O) groups excluding carboxylic acids is 1. The molecule has 2 unspecified atom stereocenters. The molecule has 0 spiro atoms. The van der Waals surface area contributed by atoms with Gasteiger partial charge < -0.3 is 33.9 Å². The summed E-state index contributed by atoms with van der Waals surface area (Å²) in [5.74, 6) is -1.27. The molecule has 2 aliphatic heterocycles. The molecule has 5 rings (SSSR count). The molecule has 9 nitrogen and oxygen atoms in total. The number of hydrogen-bond acceptors (Lipinski definition) is 5. The van der Waals surface area contributed by atoms with Crippen LogP contribution in [0.3, 0.4) is 0 Å². The molecule has 12 heteroatoms. The standard InChI is InChI=1S/C34H44BF2N3O6/c1-33(2)34(3,4)46-35(45-33)24-11-9-22(10-12-24)18-25(38-32(42)43)19-30(41)39-15-6-8-23(21-39)29-20-26-27(36)13-14-28(37)31(26)40(29)16-7-17-44-5/h9-14,20,23,25,38H,6-8,15-19,21H2,1-5H3,(H,42,43). The number of amides is 2. The van der Waals surface area contributed by atoms with Gasteiger partial charge in [0, 0.05) is 62.8 Å². The molecule has 46 heavy (non-hydrogen) atoms. The first-order valence-electron chi connectivity index (χ1n) is 16.0. The van der Waals surface area contributed by atoms with Crippen LogP contribution < -0.4 is 10.8 Å². The third-order valence-electron chi connectivity index (χ3n) is 9.65. The highest BCUT2D eigenvalue weighted by molar-refractivity contribution is 6.62. The first-order chi connectivity index (χ1) is 21.8. The Kier molecular flexibility index (Phi) is 10.1. The molecular formula is C34H44BF2N3O6. The van der Waals surface area contributed by atoms with Gasteiger partial charge in [-0.2, -0.15) is 0 Å². The van der Waals surface area contributed by atoms with E-state index < -0.39 is 42.1 Å². The quantitative estimate of drug-likeness (QED) is 0.220.